The lowest BCUT2D eigenvalue weighted by molar-refractivity contribution is -0.155. The molecule has 2 N–H and O–H groups in total. The van der Waals surface area contributed by atoms with E-state index in [1.165, 1.54) is 26.0 Å². The fourth-order valence-electron chi connectivity index (χ4n) is 2.10. The average molecular weight is 425 g/mol. The molecule has 0 bridgehead atoms. The van der Waals surface area contributed by atoms with E-state index in [2.05, 4.69) is 10.6 Å². The van der Waals surface area contributed by atoms with Crippen molar-refractivity contribution in [1.29, 1.82) is 0 Å². The van der Waals surface area contributed by atoms with Gasteiger partial charge in [-0.15, -0.1) is 0 Å². The second kappa shape index (κ2) is 9.96. The smallest absolute Gasteiger partial charge is 0.344 e. The van der Waals surface area contributed by atoms with Crippen LogP contribution in [0.25, 0.3) is 0 Å². The molecule has 2 aromatic carbocycles. The number of anilines is 2. The zero-order chi connectivity index (χ0) is 20.7. The van der Waals surface area contributed by atoms with Gasteiger partial charge in [0.1, 0.15) is 5.75 Å². The number of halogens is 2. The number of hydrogen-bond acceptors (Lipinski definition) is 5. The van der Waals surface area contributed by atoms with E-state index in [0.29, 0.717) is 16.4 Å². The largest absolute Gasteiger partial charge is 0.480 e. The summed E-state index contributed by atoms with van der Waals surface area (Å²) in [6, 6.07) is 11.1. The number of carbonyl (C=O) groups excluding carboxylic acids is 3. The third-order valence-corrected chi connectivity index (χ3v) is 3.92. The SMILES string of the molecule is CC(=O)Nc1ccc(NC(=O)[C@@H](C)OC(=O)COc2ccc(Cl)cc2Cl)cc1. The Bertz CT molecular complexity index is 871. The molecule has 0 aliphatic heterocycles. The van der Waals surface area contributed by atoms with Gasteiger partial charge in [-0.25, -0.2) is 4.79 Å². The molecule has 2 aromatic rings. The van der Waals surface area contributed by atoms with Gasteiger partial charge in [-0.3, -0.25) is 9.59 Å². The van der Waals surface area contributed by atoms with Crippen molar-refractivity contribution in [2.75, 3.05) is 17.2 Å². The molecule has 0 heterocycles. The van der Waals surface area contributed by atoms with E-state index < -0.39 is 24.6 Å². The molecule has 0 spiro atoms. The first-order valence-corrected chi connectivity index (χ1v) is 8.96. The van der Waals surface area contributed by atoms with Crippen LogP contribution in [0.15, 0.2) is 42.5 Å². The van der Waals surface area contributed by atoms with E-state index in [1.807, 2.05) is 0 Å². The molecule has 1 atom stereocenters. The topological polar surface area (TPSA) is 93.7 Å². The summed E-state index contributed by atoms with van der Waals surface area (Å²) in [7, 11) is 0. The molecule has 0 saturated carbocycles. The first-order valence-electron chi connectivity index (χ1n) is 8.20. The maximum absolute atomic E-state index is 12.1. The Morgan fingerprint density at radius 1 is 1.00 bits per heavy atom. The number of hydrogen-bond donors (Lipinski definition) is 2. The monoisotopic (exact) mass is 424 g/mol. The van der Waals surface area contributed by atoms with Gasteiger partial charge in [0.25, 0.3) is 5.91 Å². The lowest BCUT2D eigenvalue weighted by Crippen LogP contribution is -2.31. The van der Waals surface area contributed by atoms with Gasteiger partial charge in [-0.05, 0) is 49.4 Å². The highest BCUT2D eigenvalue weighted by Crippen LogP contribution is 2.27. The van der Waals surface area contributed by atoms with Crippen molar-refractivity contribution in [3.05, 3.63) is 52.5 Å². The molecule has 7 nitrogen and oxygen atoms in total. The van der Waals surface area contributed by atoms with Gasteiger partial charge in [-0.1, -0.05) is 23.2 Å². The van der Waals surface area contributed by atoms with Crippen molar-refractivity contribution < 1.29 is 23.9 Å². The van der Waals surface area contributed by atoms with E-state index >= 15 is 0 Å². The van der Waals surface area contributed by atoms with Gasteiger partial charge in [0.15, 0.2) is 12.7 Å². The highest BCUT2D eigenvalue weighted by atomic mass is 35.5. The first-order chi connectivity index (χ1) is 13.2. The molecule has 0 aromatic heterocycles. The summed E-state index contributed by atoms with van der Waals surface area (Å²) >= 11 is 11.7. The zero-order valence-corrected chi connectivity index (χ0v) is 16.6. The number of nitrogens with one attached hydrogen (secondary N) is 2. The predicted octanol–water partition coefficient (Wildman–Crippen LogP) is 3.90. The second-order valence-electron chi connectivity index (χ2n) is 5.74. The van der Waals surface area contributed by atoms with Crippen molar-refractivity contribution >= 4 is 52.4 Å². The molecule has 0 aliphatic carbocycles. The Hall–Kier alpha value is -2.77. The lowest BCUT2D eigenvalue weighted by Gasteiger charge is -2.14. The quantitative estimate of drug-likeness (QED) is 0.657. The van der Waals surface area contributed by atoms with Gasteiger partial charge >= 0.3 is 5.97 Å². The number of ether oxygens (including phenoxy) is 2. The third kappa shape index (κ3) is 6.75. The predicted molar refractivity (Wildman–Crippen MR) is 107 cm³/mol. The summed E-state index contributed by atoms with van der Waals surface area (Å²) in [4.78, 5) is 35.0. The highest BCUT2D eigenvalue weighted by molar-refractivity contribution is 6.35. The zero-order valence-electron chi connectivity index (χ0n) is 15.1. The summed E-state index contributed by atoms with van der Waals surface area (Å²) in [6.45, 7) is 2.43. The molecule has 2 amide bonds. The van der Waals surface area contributed by atoms with E-state index in [0.717, 1.165) is 0 Å². The van der Waals surface area contributed by atoms with Crippen molar-refractivity contribution in [3.63, 3.8) is 0 Å². The standard InChI is InChI=1S/C19H18Cl2N2O5/c1-11(19(26)23-15-6-4-14(5-7-15)22-12(2)24)28-18(25)10-27-17-8-3-13(20)9-16(17)21/h3-9,11H,10H2,1-2H3,(H,22,24)(H,23,26)/t11-/m1/s1. The lowest BCUT2D eigenvalue weighted by atomic mass is 10.2. The van der Waals surface area contributed by atoms with Crippen LogP contribution >= 0.6 is 23.2 Å². The summed E-state index contributed by atoms with van der Waals surface area (Å²) < 4.78 is 10.3. The molecule has 0 aliphatic rings. The van der Waals surface area contributed by atoms with Gasteiger partial charge in [0.2, 0.25) is 5.91 Å². The average Bonchev–Trinajstić information content (AvgIpc) is 2.62. The van der Waals surface area contributed by atoms with Crippen molar-refractivity contribution in [1.82, 2.24) is 0 Å². The Labute approximate surface area is 171 Å². The Morgan fingerprint density at radius 2 is 1.61 bits per heavy atom. The summed E-state index contributed by atoms with van der Waals surface area (Å²) in [5, 5.41) is 5.93. The summed E-state index contributed by atoms with van der Waals surface area (Å²) in [5.74, 6) is -1.15. The maximum atomic E-state index is 12.1. The van der Waals surface area contributed by atoms with Crippen LogP contribution in [0.4, 0.5) is 11.4 Å². The van der Waals surface area contributed by atoms with Crippen LogP contribution < -0.4 is 15.4 Å². The molecule has 148 valence electrons. The van der Waals surface area contributed by atoms with Gasteiger partial charge < -0.3 is 20.1 Å². The molecule has 2 rings (SSSR count). The Kier molecular flexibility index (Phi) is 7.66. The van der Waals surface area contributed by atoms with Crippen LogP contribution in [-0.2, 0) is 19.1 Å². The maximum Gasteiger partial charge on any atom is 0.344 e. The molecular formula is C19H18Cl2N2O5. The molecule has 0 unspecified atom stereocenters. The molecule has 0 fully saturated rings. The Morgan fingerprint density at radius 3 is 2.18 bits per heavy atom. The molecular weight excluding hydrogens is 407 g/mol. The summed E-state index contributed by atoms with van der Waals surface area (Å²) in [6.07, 6.45) is -1.04. The number of carbonyl (C=O) groups is 3. The minimum atomic E-state index is -1.04. The van der Waals surface area contributed by atoms with E-state index in [-0.39, 0.29) is 16.7 Å². The first kappa shape index (κ1) is 21.5. The second-order valence-corrected chi connectivity index (χ2v) is 6.59. The molecule has 0 saturated heterocycles. The van der Waals surface area contributed by atoms with Crippen LogP contribution in [-0.4, -0.2) is 30.5 Å². The van der Waals surface area contributed by atoms with Crippen LogP contribution in [0.2, 0.25) is 10.0 Å². The third-order valence-electron chi connectivity index (χ3n) is 3.39. The minimum Gasteiger partial charge on any atom is -0.480 e. The normalized spacial score (nSPS) is 11.3. The number of benzene rings is 2. The van der Waals surface area contributed by atoms with Crippen LogP contribution in [0, 0.1) is 0 Å². The molecule has 28 heavy (non-hydrogen) atoms. The summed E-state index contributed by atoms with van der Waals surface area (Å²) in [5.41, 5.74) is 1.09. The van der Waals surface area contributed by atoms with Crippen LogP contribution in [0.5, 0.6) is 5.75 Å². The Balaban J connectivity index is 1.82. The number of amides is 2. The number of esters is 1. The van der Waals surface area contributed by atoms with E-state index in [9.17, 15) is 14.4 Å². The fourth-order valence-corrected chi connectivity index (χ4v) is 2.56. The van der Waals surface area contributed by atoms with Gasteiger partial charge in [0, 0.05) is 23.3 Å². The molecule has 0 radical (unpaired) electrons. The van der Waals surface area contributed by atoms with E-state index in [1.54, 1.807) is 30.3 Å². The van der Waals surface area contributed by atoms with Gasteiger partial charge in [0.05, 0.1) is 5.02 Å². The van der Waals surface area contributed by atoms with Crippen molar-refractivity contribution in [2.24, 2.45) is 0 Å². The number of rotatable bonds is 7. The highest BCUT2D eigenvalue weighted by Gasteiger charge is 2.18. The van der Waals surface area contributed by atoms with E-state index in [4.69, 9.17) is 32.7 Å². The molecule has 9 heteroatoms. The van der Waals surface area contributed by atoms with Crippen LogP contribution in [0.1, 0.15) is 13.8 Å². The van der Waals surface area contributed by atoms with Crippen molar-refractivity contribution in [3.8, 4) is 5.75 Å². The minimum absolute atomic E-state index is 0.195. The van der Waals surface area contributed by atoms with Crippen molar-refractivity contribution in [2.45, 2.75) is 20.0 Å². The van der Waals surface area contributed by atoms with Crippen LogP contribution in [0.3, 0.4) is 0 Å². The van der Waals surface area contributed by atoms with Gasteiger partial charge in [-0.2, -0.15) is 0 Å². The fraction of sp³-hybridized carbons (Fsp3) is 0.211.